The van der Waals surface area contributed by atoms with Crippen molar-refractivity contribution in [2.75, 3.05) is 21.3 Å². The van der Waals surface area contributed by atoms with Crippen molar-refractivity contribution >= 4 is 35.0 Å². The Bertz CT molecular complexity index is 1190. The predicted molar refractivity (Wildman–Crippen MR) is 143 cm³/mol. The summed E-state index contributed by atoms with van der Waals surface area (Å²) >= 11 is 12.3. The molecule has 0 radical (unpaired) electrons. The first-order valence-electron chi connectivity index (χ1n) is 11.6. The minimum absolute atomic E-state index is 0.152. The number of hydrogen-bond donors (Lipinski definition) is 1. The molecule has 6 nitrogen and oxygen atoms in total. The summed E-state index contributed by atoms with van der Waals surface area (Å²) in [5, 5.41) is 3.54. The smallest absolute Gasteiger partial charge is 0.242 e. The summed E-state index contributed by atoms with van der Waals surface area (Å²) < 4.78 is 10.7. The number of ether oxygens (including phenoxy) is 2. The van der Waals surface area contributed by atoms with Crippen LogP contribution in [0.1, 0.15) is 23.1 Å². The average Bonchev–Trinajstić information content (AvgIpc) is 2.91. The Balaban J connectivity index is 1.89. The van der Waals surface area contributed by atoms with Crippen LogP contribution in [0, 0.1) is 0 Å². The van der Waals surface area contributed by atoms with Crippen molar-refractivity contribution in [2.45, 2.75) is 31.8 Å². The molecule has 0 saturated carbocycles. The molecule has 3 aromatic carbocycles. The summed E-state index contributed by atoms with van der Waals surface area (Å²) in [6.07, 6.45) is 1.06. The normalized spacial score (nSPS) is 11.5. The number of carbonyl (C=O) groups excluding carboxylic acids is 2. The van der Waals surface area contributed by atoms with Gasteiger partial charge >= 0.3 is 0 Å². The minimum atomic E-state index is -0.704. The molecule has 1 atom stereocenters. The molecular weight excluding hydrogens is 499 g/mol. The maximum absolute atomic E-state index is 13.6. The van der Waals surface area contributed by atoms with E-state index in [4.69, 9.17) is 32.7 Å². The number of amides is 2. The van der Waals surface area contributed by atoms with Gasteiger partial charge in [-0.1, -0.05) is 65.7 Å². The van der Waals surface area contributed by atoms with Crippen LogP contribution in [-0.2, 0) is 29.0 Å². The van der Waals surface area contributed by atoms with E-state index < -0.39 is 6.04 Å². The fraction of sp³-hybridized carbons (Fsp3) is 0.286. The van der Waals surface area contributed by atoms with Gasteiger partial charge in [-0.2, -0.15) is 0 Å². The number of methoxy groups -OCH3 is 2. The second-order valence-corrected chi connectivity index (χ2v) is 9.09. The summed E-state index contributed by atoms with van der Waals surface area (Å²) in [5.74, 6) is 0.831. The van der Waals surface area contributed by atoms with Gasteiger partial charge in [-0.3, -0.25) is 9.59 Å². The highest BCUT2D eigenvalue weighted by Gasteiger charge is 2.29. The largest absolute Gasteiger partial charge is 0.493 e. The van der Waals surface area contributed by atoms with E-state index in [0.717, 1.165) is 16.7 Å². The second-order valence-electron chi connectivity index (χ2n) is 8.28. The molecule has 0 aromatic heterocycles. The van der Waals surface area contributed by atoms with Crippen LogP contribution in [0.3, 0.4) is 0 Å². The number of rotatable bonds is 11. The van der Waals surface area contributed by atoms with E-state index in [1.807, 2.05) is 54.6 Å². The van der Waals surface area contributed by atoms with Crippen molar-refractivity contribution in [1.82, 2.24) is 10.2 Å². The second kappa shape index (κ2) is 13.2. The number of aryl methyl sites for hydroxylation is 1. The van der Waals surface area contributed by atoms with E-state index in [1.54, 1.807) is 38.3 Å². The lowest BCUT2D eigenvalue weighted by Crippen LogP contribution is -2.49. The first-order valence-corrected chi connectivity index (χ1v) is 12.3. The first kappa shape index (κ1) is 27.4. The van der Waals surface area contributed by atoms with Crippen molar-refractivity contribution in [1.29, 1.82) is 0 Å². The fourth-order valence-electron chi connectivity index (χ4n) is 3.99. The molecule has 1 unspecified atom stereocenters. The topological polar surface area (TPSA) is 67.9 Å². The Kier molecular flexibility index (Phi) is 10.0. The molecule has 0 heterocycles. The van der Waals surface area contributed by atoms with E-state index in [-0.39, 0.29) is 24.8 Å². The summed E-state index contributed by atoms with van der Waals surface area (Å²) in [6.45, 7) is 0.215. The van der Waals surface area contributed by atoms with Crippen LogP contribution in [0.15, 0.2) is 66.7 Å². The Hall–Kier alpha value is -3.22. The van der Waals surface area contributed by atoms with Crippen molar-refractivity contribution in [3.63, 3.8) is 0 Å². The number of nitrogens with one attached hydrogen (secondary N) is 1. The highest BCUT2D eigenvalue weighted by Crippen LogP contribution is 2.28. The Morgan fingerprint density at radius 2 is 1.56 bits per heavy atom. The van der Waals surface area contributed by atoms with Gasteiger partial charge < -0.3 is 19.7 Å². The number of carbonyl (C=O) groups is 2. The molecule has 0 bridgehead atoms. The molecule has 0 saturated heterocycles. The highest BCUT2D eigenvalue weighted by molar-refractivity contribution is 6.42. The maximum Gasteiger partial charge on any atom is 0.242 e. The van der Waals surface area contributed by atoms with Gasteiger partial charge in [-0.25, -0.2) is 0 Å². The number of nitrogens with zero attached hydrogens (tertiary/aromatic N) is 1. The molecule has 8 heteroatoms. The summed E-state index contributed by atoms with van der Waals surface area (Å²) in [7, 11) is 4.72. The summed E-state index contributed by atoms with van der Waals surface area (Å²) in [6, 6.07) is 19.7. The molecule has 0 fully saturated rings. The van der Waals surface area contributed by atoms with Crippen LogP contribution in [0.2, 0.25) is 10.0 Å². The van der Waals surface area contributed by atoms with Crippen molar-refractivity contribution in [3.8, 4) is 11.5 Å². The maximum atomic E-state index is 13.6. The van der Waals surface area contributed by atoms with Crippen LogP contribution in [0.25, 0.3) is 0 Å². The Labute approximate surface area is 222 Å². The molecule has 0 aliphatic rings. The van der Waals surface area contributed by atoms with E-state index in [9.17, 15) is 9.59 Å². The summed E-state index contributed by atoms with van der Waals surface area (Å²) in [4.78, 5) is 28.3. The number of hydrogen-bond acceptors (Lipinski definition) is 4. The number of halogens is 2. The van der Waals surface area contributed by atoms with Crippen LogP contribution in [0.5, 0.6) is 11.5 Å². The van der Waals surface area contributed by atoms with Crippen molar-refractivity contribution in [3.05, 3.63) is 93.5 Å². The quantitative estimate of drug-likeness (QED) is 0.365. The first-order chi connectivity index (χ1) is 17.4. The third-order valence-corrected chi connectivity index (χ3v) is 6.67. The van der Waals surface area contributed by atoms with Crippen molar-refractivity contribution < 1.29 is 19.1 Å². The van der Waals surface area contributed by atoms with Gasteiger partial charge in [0.05, 0.1) is 24.3 Å². The summed E-state index contributed by atoms with van der Waals surface area (Å²) in [5.41, 5.74) is 2.67. The Morgan fingerprint density at radius 1 is 0.861 bits per heavy atom. The van der Waals surface area contributed by atoms with Gasteiger partial charge in [-0.15, -0.1) is 0 Å². The molecule has 0 spiro atoms. The van der Waals surface area contributed by atoms with Gasteiger partial charge in [0.25, 0.3) is 0 Å². The molecule has 3 aromatic rings. The number of likely N-dealkylation sites (N-methyl/N-ethyl adjacent to an activating group) is 1. The van der Waals surface area contributed by atoms with Gasteiger partial charge in [0.2, 0.25) is 11.8 Å². The zero-order valence-electron chi connectivity index (χ0n) is 20.6. The molecule has 2 amide bonds. The van der Waals surface area contributed by atoms with Gasteiger partial charge in [-0.05, 0) is 47.4 Å². The Morgan fingerprint density at radius 3 is 2.19 bits per heavy atom. The van der Waals surface area contributed by atoms with Gasteiger partial charge in [0.1, 0.15) is 6.04 Å². The molecule has 0 aliphatic heterocycles. The standard InChI is InChI=1S/C28H30Cl2N2O4/c1-31-28(34)24(16-19-7-5-4-6-8-19)32(18-21-9-12-22(29)23(30)15-21)27(33)14-11-20-10-13-25(35-2)26(17-20)36-3/h4-10,12-13,15,17,24H,11,14,16,18H2,1-3H3,(H,31,34). The lowest BCUT2D eigenvalue weighted by Gasteiger charge is -2.31. The van der Waals surface area contributed by atoms with Crippen molar-refractivity contribution in [2.24, 2.45) is 0 Å². The fourth-order valence-corrected chi connectivity index (χ4v) is 4.31. The van der Waals surface area contributed by atoms with E-state index in [2.05, 4.69) is 5.32 Å². The van der Waals surface area contributed by atoms with Crippen LogP contribution < -0.4 is 14.8 Å². The SMILES string of the molecule is CNC(=O)C(Cc1ccccc1)N(Cc1ccc(Cl)c(Cl)c1)C(=O)CCc1ccc(OC)c(OC)c1. The van der Waals surface area contributed by atoms with Crippen LogP contribution in [0.4, 0.5) is 0 Å². The lowest BCUT2D eigenvalue weighted by molar-refractivity contribution is -0.141. The lowest BCUT2D eigenvalue weighted by atomic mass is 10.0. The highest BCUT2D eigenvalue weighted by atomic mass is 35.5. The molecule has 1 N–H and O–H groups in total. The minimum Gasteiger partial charge on any atom is -0.493 e. The molecule has 190 valence electrons. The third kappa shape index (κ3) is 7.15. The zero-order chi connectivity index (χ0) is 26.1. The van der Waals surface area contributed by atoms with Gasteiger partial charge in [0.15, 0.2) is 11.5 Å². The average molecular weight is 529 g/mol. The van der Waals surface area contributed by atoms with Crippen LogP contribution in [-0.4, -0.2) is 44.0 Å². The number of benzene rings is 3. The molecule has 36 heavy (non-hydrogen) atoms. The molecular formula is C28H30Cl2N2O4. The van der Waals surface area contributed by atoms with Crippen LogP contribution >= 0.6 is 23.2 Å². The molecule has 3 rings (SSSR count). The third-order valence-electron chi connectivity index (χ3n) is 5.93. The monoisotopic (exact) mass is 528 g/mol. The van der Waals surface area contributed by atoms with E-state index in [1.165, 1.54) is 0 Å². The van der Waals surface area contributed by atoms with E-state index in [0.29, 0.717) is 34.4 Å². The van der Waals surface area contributed by atoms with E-state index >= 15 is 0 Å². The predicted octanol–water partition coefficient (Wildman–Crippen LogP) is 5.33. The van der Waals surface area contributed by atoms with Gasteiger partial charge in [0, 0.05) is 26.4 Å². The molecule has 0 aliphatic carbocycles. The zero-order valence-corrected chi connectivity index (χ0v) is 22.1.